The molecule has 0 aromatic heterocycles. The Hall–Kier alpha value is -2.39. The molecule has 4 saturated carbocycles. The lowest BCUT2D eigenvalue weighted by molar-refractivity contribution is -0.150. The van der Waals surface area contributed by atoms with E-state index < -0.39 is 23.4 Å². The van der Waals surface area contributed by atoms with Crippen LogP contribution in [0.2, 0.25) is 0 Å². The molecule has 2 bridgehead atoms. The first-order chi connectivity index (χ1) is 18.0. The molecule has 4 aliphatic carbocycles. The summed E-state index contributed by atoms with van der Waals surface area (Å²) in [4.78, 5) is 24.8. The van der Waals surface area contributed by atoms with Crippen molar-refractivity contribution in [2.75, 3.05) is 13.7 Å². The summed E-state index contributed by atoms with van der Waals surface area (Å²) in [7, 11) is 1.42. The first-order valence-corrected chi connectivity index (χ1v) is 14.0. The zero-order valence-corrected chi connectivity index (χ0v) is 22.6. The Kier molecular flexibility index (Phi) is 7.37. The molecule has 1 aromatic carbocycles. The number of ether oxygens (including phenoxy) is 2. The van der Waals surface area contributed by atoms with Crippen LogP contribution in [-0.4, -0.2) is 47.9 Å². The van der Waals surface area contributed by atoms with E-state index in [1.165, 1.54) is 19.2 Å². The number of hydrogen-bond acceptors (Lipinski definition) is 6. The van der Waals surface area contributed by atoms with E-state index >= 15 is 0 Å². The minimum absolute atomic E-state index is 0.00508. The number of halogens is 1. The summed E-state index contributed by atoms with van der Waals surface area (Å²) in [6.07, 6.45) is 5.71. The summed E-state index contributed by atoms with van der Waals surface area (Å²) in [6, 6.07) is 2.50. The number of methoxy groups -OCH3 is 1. The van der Waals surface area contributed by atoms with Crippen LogP contribution in [0.25, 0.3) is 0 Å². The molecule has 0 aliphatic heterocycles. The normalized spacial score (nSPS) is 34.0. The third-order valence-corrected chi connectivity index (χ3v) is 9.79. The van der Waals surface area contributed by atoms with Crippen LogP contribution in [-0.2, 0) is 9.59 Å². The third kappa shape index (κ3) is 5.37. The number of rotatable bonds is 10. The van der Waals surface area contributed by atoms with E-state index in [0.717, 1.165) is 32.1 Å². The summed E-state index contributed by atoms with van der Waals surface area (Å²) >= 11 is 0. The maximum absolute atomic E-state index is 14.9. The Morgan fingerprint density at radius 1 is 1.08 bits per heavy atom. The highest BCUT2D eigenvalue weighted by Crippen LogP contribution is 2.50. The van der Waals surface area contributed by atoms with E-state index in [0.29, 0.717) is 49.6 Å². The largest absolute Gasteiger partial charge is 0.496 e. The van der Waals surface area contributed by atoms with E-state index in [9.17, 15) is 24.2 Å². The van der Waals surface area contributed by atoms with Crippen molar-refractivity contribution in [1.82, 2.24) is 10.6 Å². The lowest BCUT2D eigenvalue weighted by Gasteiger charge is -2.34. The smallest absolute Gasteiger partial charge is 0.309 e. The molecule has 1 aromatic rings. The van der Waals surface area contributed by atoms with Gasteiger partial charge in [0.15, 0.2) is 11.6 Å². The van der Waals surface area contributed by atoms with Crippen molar-refractivity contribution >= 4 is 11.9 Å². The van der Waals surface area contributed by atoms with Gasteiger partial charge in [-0.3, -0.25) is 14.9 Å². The standard InChI is InChI=1S/C29H41FN2O6/c1-28(10-11-28)15-31-26(34)23-16-4-5-17(12-16)24(23)32-25(33)19-13-22(20(30)14-21(19)37-3)38-18-6-8-29(2,9-7-18)27(35)36/h13-14,16-18,23-25,32-33H,4-12,15H2,1-3H3,(H,31,34)(H,35,36)/t16-,17+,18-,23+,24-,25?,29+/m1/s1. The predicted octanol–water partition coefficient (Wildman–Crippen LogP) is 4.16. The van der Waals surface area contributed by atoms with Crippen molar-refractivity contribution < 1.29 is 33.7 Å². The second-order valence-corrected chi connectivity index (χ2v) is 12.7. The van der Waals surface area contributed by atoms with Crippen LogP contribution >= 0.6 is 0 Å². The van der Waals surface area contributed by atoms with Crippen LogP contribution in [0.1, 0.15) is 83.4 Å². The molecular weight excluding hydrogens is 491 g/mol. The van der Waals surface area contributed by atoms with Gasteiger partial charge < -0.3 is 25.0 Å². The van der Waals surface area contributed by atoms with Gasteiger partial charge in [-0.2, -0.15) is 0 Å². The summed E-state index contributed by atoms with van der Waals surface area (Å²) in [5, 5.41) is 27.2. The number of benzene rings is 1. The Bertz CT molecular complexity index is 1070. The number of aliphatic hydroxyl groups is 1. The number of fused-ring (bicyclic) bond motifs is 2. The number of carbonyl (C=O) groups excluding carboxylic acids is 1. The number of carboxylic acid groups (broad SMARTS) is 1. The molecule has 1 amide bonds. The average Bonchev–Trinajstić information content (AvgIpc) is 3.29. The average molecular weight is 533 g/mol. The van der Waals surface area contributed by atoms with Crippen molar-refractivity contribution in [3.05, 3.63) is 23.5 Å². The maximum Gasteiger partial charge on any atom is 0.309 e. The maximum atomic E-state index is 14.9. The van der Waals surface area contributed by atoms with Crippen LogP contribution in [0.3, 0.4) is 0 Å². The lowest BCUT2D eigenvalue weighted by Crippen LogP contribution is -2.49. The number of nitrogens with one attached hydrogen (secondary N) is 2. The van der Waals surface area contributed by atoms with Gasteiger partial charge in [0.2, 0.25) is 5.91 Å². The van der Waals surface area contributed by atoms with Gasteiger partial charge in [-0.25, -0.2) is 4.39 Å². The highest BCUT2D eigenvalue weighted by molar-refractivity contribution is 5.80. The molecular formula is C29H41FN2O6. The molecule has 0 radical (unpaired) electrons. The Labute approximate surface area is 223 Å². The van der Waals surface area contributed by atoms with Crippen LogP contribution < -0.4 is 20.1 Å². The fourth-order valence-corrected chi connectivity index (χ4v) is 6.76. The van der Waals surface area contributed by atoms with Gasteiger partial charge in [-0.15, -0.1) is 0 Å². The van der Waals surface area contributed by atoms with Crippen LogP contribution in [0.4, 0.5) is 4.39 Å². The second-order valence-electron chi connectivity index (χ2n) is 12.7. The fourth-order valence-electron chi connectivity index (χ4n) is 6.76. The van der Waals surface area contributed by atoms with Crippen molar-refractivity contribution in [2.24, 2.45) is 28.6 Å². The van der Waals surface area contributed by atoms with E-state index in [2.05, 4.69) is 17.6 Å². The molecule has 0 heterocycles. The number of carbonyl (C=O) groups is 2. The van der Waals surface area contributed by atoms with Gasteiger partial charge in [0.1, 0.15) is 12.0 Å². The van der Waals surface area contributed by atoms with E-state index in [-0.39, 0.29) is 40.9 Å². The monoisotopic (exact) mass is 532 g/mol. The van der Waals surface area contributed by atoms with Gasteiger partial charge in [-0.1, -0.05) is 6.92 Å². The molecule has 0 spiro atoms. The van der Waals surface area contributed by atoms with Crippen LogP contribution in [0.5, 0.6) is 11.5 Å². The minimum Gasteiger partial charge on any atom is -0.496 e. The van der Waals surface area contributed by atoms with Gasteiger partial charge in [0.25, 0.3) is 0 Å². The topological polar surface area (TPSA) is 117 Å². The highest BCUT2D eigenvalue weighted by Gasteiger charge is 2.52. The van der Waals surface area contributed by atoms with E-state index in [1.807, 2.05) is 0 Å². The number of aliphatic carboxylic acids is 1. The SMILES string of the molecule is COc1cc(F)c(O[C@H]2CC[C@@](C)(C(=O)O)CC2)cc1C(O)N[C@@H]1[C@H]2CC[C@H](C2)[C@@H]1C(=O)NCC1(C)CC1. The molecule has 5 atom stereocenters. The number of aliphatic hydroxyl groups excluding tert-OH is 1. The van der Waals surface area contributed by atoms with Gasteiger partial charge in [0, 0.05) is 24.2 Å². The molecule has 4 aliphatic rings. The van der Waals surface area contributed by atoms with Gasteiger partial charge in [0.05, 0.1) is 24.5 Å². The van der Waals surface area contributed by atoms with Crippen molar-refractivity contribution in [2.45, 2.75) is 90.0 Å². The molecule has 9 heteroatoms. The summed E-state index contributed by atoms with van der Waals surface area (Å²) in [6.45, 7) is 4.61. The first-order valence-electron chi connectivity index (χ1n) is 14.0. The van der Waals surface area contributed by atoms with Crippen molar-refractivity contribution in [1.29, 1.82) is 0 Å². The fraction of sp³-hybridized carbons (Fsp3) is 0.724. The van der Waals surface area contributed by atoms with Crippen molar-refractivity contribution in [3.8, 4) is 11.5 Å². The zero-order valence-electron chi connectivity index (χ0n) is 22.6. The van der Waals surface area contributed by atoms with Crippen LogP contribution in [0, 0.1) is 34.4 Å². The Morgan fingerprint density at radius 3 is 2.39 bits per heavy atom. The van der Waals surface area contributed by atoms with Gasteiger partial charge >= 0.3 is 5.97 Å². The summed E-state index contributed by atoms with van der Waals surface area (Å²) in [5.41, 5.74) is -0.218. The lowest BCUT2D eigenvalue weighted by atomic mass is 9.75. The third-order valence-electron chi connectivity index (χ3n) is 9.79. The quantitative estimate of drug-likeness (QED) is 0.334. The van der Waals surface area contributed by atoms with E-state index in [1.54, 1.807) is 6.92 Å². The van der Waals surface area contributed by atoms with Crippen LogP contribution in [0.15, 0.2) is 12.1 Å². The molecule has 0 saturated heterocycles. The summed E-state index contributed by atoms with van der Waals surface area (Å²) in [5.74, 6) is -0.779. The molecule has 210 valence electrons. The molecule has 38 heavy (non-hydrogen) atoms. The number of hydrogen-bond donors (Lipinski definition) is 4. The predicted molar refractivity (Wildman–Crippen MR) is 138 cm³/mol. The molecule has 8 nitrogen and oxygen atoms in total. The first kappa shape index (κ1) is 27.2. The molecule has 5 rings (SSSR count). The van der Waals surface area contributed by atoms with Crippen molar-refractivity contribution in [3.63, 3.8) is 0 Å². The zero-order chi connectivity index (χ0) is 27.2. The Balaban J connectivity index is 1.28. The van der Waals surface area contributed by atoms with E-state index in [4.69, 9.17) is 9.47 Å². The molecule has 4 N–H and O–H groups in total. The highest BCUT2D eigenvalue weighted by atomic mass is 19.1. The Morgan fingerprint density at radius 2 is 1.76 bits per heavy atom. The summed E-state index contributed by atoms with van der Waals surface area (Å²) < 4.78 is 26.3. The minimum atomic E-state index is -1.17. The number of amides is 1. The second kappa shape index (κ2) is 10.3. The molecule has 1 unspecified atom stereocenters. The number of carboxylic acids is 1. The van der Waals surface area contributed by atoms with Gasteiger partial charge in [-0.05, 0) is 88.0 Å². The molecule has 4 fully saturated rings.